The highest BCUT2D eigenvalue weighted by Gasteiger charge is 2.30. The maximum absolute atomic E-state index is 12.1. The van der Waals surface area contributed by atoms with Gasteiger partial charge in [-0.2, -0.15) is 0 Å². The lowest BCUT2D eigenvalue weighted by molar-refractivity contribution is -0.122. The molecule has 0 aromatic carbocycles. The van der Waals surface area contributed by atoms with Crippen molar-refractivity contribution in [2.45, 2.75) is 26.7 Å². The second-order valence-electron chi connectivity index (χ2n) is 4.25. The van der Waals surface area contributed by atoms with Crippen LogP contribution in [0.4, 0.5) is 0 Å². The summed E-state index contributed by atoms with van der Waals surface area (Å²) in [7, 11) is 0. The van der Waals surface area contributed by atoms with E-state index in [1.54, 1.807) is 11.0 Å². The molecule has 2 heterocycles. The zero-order valence-corrected chi connectivity index (χ0v) is 11.3. The number of thiocarbonyl (C=S) groups is 1. The van der Waals surface area contributed by atoms with Crippen LogP contribution < -0.4 is 5.32 Å². The topological polar surface area (TPSA) is 45.5 Å². The summed E-state index contributed by atoms with van der Waals surface area (Å²) in [4.78, 5) is 13.7. The van der Waals surface area contributed by atoms with Crippen LogP contribution in [0, 0.1) is 6.92 Å². The number of rotatable bonds is 4. The average Bonchev–Trinajstić information content (AvgIpc) is 2.84. The fraction of sp³-hybridized carbons (Fsp3) is 0.385. The lowest BCUT2D eigenvalue weighted by Gasteiger charge is -2.12. The van der Waals surface area contributed by atoms with Crippen LogP contribution in [-0.2, 0) is 4.79 Å². The number of furan rings is 1. The monoisotopic (exact) mass is 264 g/mol. The molecule has 0 radical (unpaired) electrons. The number of nitrogens with zero attached hydrogens (tertiary/aromatic N) is 1. The Balaban J connectivity index is 2.14. The number of amides is 1. The summed E-state index contributed by atoms with van der Waals surface area (Å²) in [5.74, 6) is 1.39. The van der Waals surface area contributed by atoms with E-state index in [2.05, 4.69) is 12.2 Å². The van der Waals surface area contributed by atoms with E-state index in [0.717, 1.165) is 18.6 Å². The van der Waals surface area contributed by atoms with Gasteiger partial charge >= 0.3 is 0 Å². The summed E-state index contributed by atoms with van der Waals surface area (Å²) >= 11 is 5.15. The van der Waals surface area contributed by atoms with Gasteiger partial charge in [0.15, 0.2) is 5.11 Å². The Hall–Kier alpha value is -1.62. The molecule has 1 amide bonds. The molecule has 4 nitrogen and oxygen atoms in total. The molecule has 1 aliphatic rings. The first-order valence-corrected chi connectivity index (χ1v) is 6.43. The smallest absolute Gasteiger partial charge is 0.276 e. The van der Waals surface area contributed by atoms with Crippen molar-refractivity contribution < 1.29 is 9.21 Å². The largest absolute Gasteiger partial charge is 0.462 e. The minimum atomic E-state index is -0.0810. The van der Waals surface area contributed by atoms with E-state index in [4.69, 9.17) is 16.6 Å². The quantitative estimate of drug-likeness (QED) is 0.670. The molecule has 5 heteroatoms. The molecule has 1 aliphatic heterocycles. The highest BCUT2D eigenvalue weighted by Crippen LogP contribution is 2.16. The summed E-state index contributed by atoms with van der Waals surface area (Å²) in [6.07, 6.45) is 3.66. The van der Waals surface area contributed by atoms with E-state index in [1.807, 2.05) is 19.1 Å². The highest BCUT2D eigenvalue weighted by molar-refractivity contribution is 7.80. The van der Waals surface area contributed by atoms with Gasteiger partial charge in [-0.3, -0.25) is 9.69 Å². The van der Waals surface area contributed by atoms with Gasteiger partial charge in [0, 0.05) is 12.6 Å². The Kier molecular flexibility index (Phi) is 3.81. The summed E-state index contributed by atoms with van der Waals surface area (Å²) in [6, 6.07) is 3.69. The van der Waals surface area contributed by atoms with Gasteiger partial charge in [-0.1, -0.05) is 13.3 Å². The fourth-order valence-corrected chi connectivity index (χ4v) is 2.05. The van der Waals surface area contributed by atoms with Crippen molar-refractivity contribution in [1.82, 2.24) is 10.2 Å². The van der Waals surface area contributed by atoms with E-state index in [-0.39, 0.29) is 5.91 Å². The van der Waals surface area contributed by atoms with Crippen molar-refractivity contribution in [3.05, 3.63) is 29.4 Å². The van der Waals surface area contributed by atoms with Crippen molar-refractivity contribution in [1.29, 1.82) is 0 Å². The zero-order chi connectivity index (χ0) is 13.1. The van der Waals surface area contributed by atoms with Crippen LogP contribution in [0.2, 0.25) is 0 Å². The Morgan fingerprint density at radius 3 is 2.89 bits per heavy atom. The van der Waals surface area contributed by atoms with Crippen molar-refractivity contribution in [2.24, 2.45) is 0 Å². The minimum absolute atomic E-state index is 0.0810. The van der Waals surface area contributed by atoms with Gasteiger partial charge in [0.1, 0.15) is 17.2 Å². The molecule has 0 bridgehead atoms. The van der Waals surface area contributed by atoms with E-state index >= 15 is 0 Å². The highest BCUT2D eigenvalue weighted by atomic mass is 32.1. The van der Waals surface area contributed by atoms with Crippen LogP contribution in [0.1, 0.15) is 31.3 Å². The molecule has 1 fully saturated rings. The fourth-order valence-electron chi connectivity index (χ4n) is 1.76. The third kappa shape index (κ3) is 2.61. The van der Waals surface area contributed by atoms with Gasteiger partial charge in [-0.25, -0.2) is 0 Å². The Bertz CT molecular complexity index is 505. The molecule has 1 aromatic rings. The first kappa shape index (κ1) is 12.8. The molecule has 18 heavy (non-hydrogen) atoms. The average molecular weight is 264 g/mol. The van der Waals surface area contributed by atoms with Crippen molar-refractivity contribution >= 4 is 29.3 Å². The number of nitrogens with one attached hydrogen (secondary N) is 1. The molecule has 0 aliphatic carbocycles. The predicted molar refractivity (Wildman–Crippen MR) is 73.8 cm³/mol. The van der Waals surface area contributed by atoms with Crippen molar-refractivity contribution in [2.75, 3.05) is 6.54 Å². The normalized spacial score (nSPS) is 17.7. The molecule has 96 valence electrons. The molecule has 1 aromatic heterocycles. The number of aryl methyl sites for hydroxylation is 1. The number of carbonyl (C=O) groups excluding carboxylic acids is 1. The SMILES string of the molecule is CCCCN1C(=O)/C(=C/c2ccc(C)o2)NC1=S. The lowest BCUT2D eigenvalue weighted by atomic mass is 10.3. The maximum Gasteiger partial charge on any atom is 0.276 e. The molecule has 2 rings (SSSR count). The zero-order valence-electron chi connectivity index (χ0n) is 10.5. The number of carbonyl (C=O) groups is 1. The predicted octanol–water partition coefficient (Wildman–Crippen LogP) is 2.45. The molecule has 1 N–H and O–H groups in total. The molecule has 1 saturated heterocycles. The van der Waals surface area contributed by atoms with Crippen molar-refractivity contribution in [3.63, 3.8) is 0 Å². The Labute approximate surface area is 112 Å². The molecular weight excluding hydrogens is 248 g/mol. The van der Waals surface area contributed by atoms with E-state index in [0.29, 0.717) is 23.1 Å². The molecule has 0 atom stereocenters. The standard InChI is InChI=1S/C13H16N2O2S/c1-3-4-7-15-12(16)11(14-13(15)18)8-10-6-5-9(2)17-10/h5-6,8H,3-4,7H2,1-2H3,(H,14,18)/b11-8-. The summed E-state index contributed by atoms with van der Waals surface area (Å²) < 4.78 is 5.41. The second kappa shape index (κ2) is 5.35. The number of hydrogen-bond acceptors (Lipinski definition) is 3. The van der Waals surface area contributed by atoms with Gasteiger partial charge in [0.05, 0.1) is 0 Å². The van der Waals surface area contributed by atoms with Crippen LogP contribution in [-0.4, -0.2) is 22.5 Å². The third-order valence-corrected chi connectivity index (χ3v) is 3.07. The van der Waals surface area contributed by atoms with E-state index in [1.165, 1.54) is 0 Å². The molecular formula is C13H16N2O2S. The Morgan fingerprint density at radius 1 is 1.50 bits per heavy atom. The third-order valence-electron chi connectivity index (χ3n) is 2.75. The summed E-state index contributed by atoms with van der Waals surface area (Å²) in [5, 5.41) is 3.40. The van der Waals surface area contributed by atoms with Gasteiger partial charge in [0.25, 0.3) is 5.91 Å². The van der Waals surface area contributed by atoms with Crippen LogP contribution in [0.5, 0.6) is 0 Å². The Morgan fingerprint density at radius 2 is 2.28 bits per heavy atom. The lowest BCUT2D eigenvalue weighted by Crippen LogP contribution is -2.31. The van der Waals surface area contributed by atoms with Crippen LogP contribution in [0.25, 0.3) is 6.08 Å². The summed E-state index contributed by atoms with van der Waals surface area (Å²) in [6.45, 7) is 4.61. The molecule has 0 saturated carbocycles. The van der Waals surface area contributed by atoms with Crippen LogP contribution >= 0.6 is 12.2 Å². The van der Waals surface area contributed by atoms with E-state index in [9.17, 15) is 4.79 Å². The van der Waals surface area contributed by atoms with Gasteiger partial charge in [-0.05, 0) is 37.7 Å². The maximum atomic E-state index is 12.1. The first-order chi connectivity index (χ1) is 8.61. The first-order valence-electron chi connectivity index (χ1n) is 6.03. The second-order valence-corrected chi connectivity index (χ2v) is 4.63. The van der Waals surface area contributed by atoms with Crippen LogP contribution in [0.15, 0.2) is 22.2 Å². The van der Waals surface area contributed by atoms with Crippen LogP contribution in [0.3, 0.4) is 0 Å². The molecule has 0 spiro atoms. The summed E-state index contributed by atoms with van der Waals surface area (Å²) in [5.41, 5.74) is 0.477. The minimum Gasteiger partial charge on any atom is -0.462 e. The van der Waals surface area contributed by atoms with Crippen molar-refractivity contribution in [3.8, 4) is 0 Å². The van der Waals surface area contributed by atoms with Gasteiger partial charge in [-0.15, -0.1) is 0 Å². The number of unbranched alkanes of at least 4 members (excludes halogenated alkanes) is 1. The molecule has 0 unspecified atom stereocenters. The van der Waals surface area contributed by atoms with Gasteiger partial charge < -0.3 is 9.73 Å². The van der Waals surface area contributed by atoms with E-state index < -0.39 is 0 Å². The van der Waals surface area contributed by atoms with Gasteiger partial charge in [0.2, 0.25) is 0 Å². The number of hydrogen-bond donors (Lipinski definition) is 1.